The second kappa shape index (κ2) is 6.38. The van der Waals surface area contributed by atoms with E-state index in [0.717, 1.165) is 23.9 Å². The first kappa shape index (κ1) is 15.5. The van der Waals surface area contributed by atoms with E-state index in [4.69, 9.17) is 4.74 Å². The van der Waals surface area contributed by atoms with Crippen LogP contribution >= 0.6 is 15.9 Å². The molecule has 1 unspecified atom stereocenters. The van der Waals surface area contributed by atoms with E-state index in [1.165, 1.54) is 0 Å². The monoisotopic (exact) mass is 366 g/mol. The number of benzene rings is 1. The van der Waals surface area contributed by atoms with Crippen LogP contribution in [0.3, 0.4) is 0 Å². The van der Waals surface area contributed by atoms with Gasteiger partial charge in [0.1, 0.15) is 5.41 Å². The molecule has 0 aromatic heterocycles. The highest BCUT2D eigenvalue weighted by molar-refractivity contribution is 9.10. The summed E-state index contributed by atoms with van der Waals surface area (Å²) in [6.07, 6.45) is 3.31. The van der Waals surface area contributed by atoms with E-state index in [9.17, 15) is 9.59 Å². The first-order valence-electron chi connectivity index (χ1n) is 7.57. The van der Waals surface area contributed by atoms with Crippen LogP contribution in [0, 0.1) is 5.41 Å². The van der Waals surface area contributed by atoms with Gasteiger partial charge >= 0.3 is 0 Å². The van der Waals surface area contributed by atoms with Gasteiger partial charge in [0.05, 0.1) is 6.10 Å². The van der Waals surface area contributed by atoms with Crippen LogP contribution in [0.5, 0.6) is 0 Å². The molecule has 3 rings (SSSR count). The van der Waals surface area contributed by atoms with Gasteiger partial charge in [-0.15, -0.1) is 0 Å². The lowest BCUT2D eigenvalue weighted by atomic mass is 10.0. The highest BCUT2D eigenvalue weighted by Gasteiger charge is 2.56. The zero-order chi connectivity index (χ0) is 15.6. The number of halogens is 1. The Bertz CT molecular complexity index is 563. The molecule has 2 amide bonds. The molecular weight excluding hydrogens is 348 g/mol. The Balaban J connectivity index is 1.56. The highest BCUT2D eigenvalue weighted by atomic mass is 79.9. The average Bonchev–Trinajstić information content (AvgIpc) is 3.17. The normalized spacial score (nSPS) is 22.1. The fraction of sp³-hybridized carbons (Fsp3) is 0.500. The maximum Gasteiger partial charge on any atom is 0.240 e. The van der Waals surface area contributed by atoms with Crippen molar-refractivity contribution in [2.24, 2.45) is 5.41 Å². The Kier molecular flexibility index (Phi) is 4.49. The summed E-state index contributed by atoms with van der Waals surface area (Å²) in [6.45, 7) is 1.25. The van der Waals surface area contributed by atoms with E-state index in [1.807, 2.05) is 24.3 Å². The molecule has 1 heterocycles. The molecule has 22 heavy (non-hydrogen) atoms. The smallest absolute Gasteiger partial charge is 0.240 e. The number of hydrogen-bond acceptors (Lipinski definition) is 3. The molecule has 0 bridgehead atoms. The minimum atomic E-state index is -0.897. The van der Waals surface area contributed by atoms with Gasteiger partial charge in [-0.1, -0.05) is 15.9 Å². The molecule has 1 aliphatic heterocycles. The number of carbonyl (C=O) groups is 2. The van der Waals surface area contributed by atoms with Gasteiger partial charge in [-0.2, -0.15) is 0 Å². The molecular formula is C16H19BrN2O3. The topological polar surface area (TPSA) is 67.4 Å². The number of rotatable bonds is 5. The Morgan fingerprint density at radius 1 is 1.23 bits per heavy atom. The molecule has 1 saturated carbocycles. The minimum Gasteiger partial charge on any atom is -0.376 e. The summed E-state index contributed by atoms with van der Waals surface area (Å²) < 4.78 is 6.43. The Morgan fingerprint density at radius 3 is 2.55 bits per heavy atom. The van der Waals surface area contributed by atoms with E-state index < -0.39 is 5.41 Å². The fourth-order valence-corrected chi connectivity index (χ4v) is 2.91. The van der Waals surface area contributed by atoms with Gasteiger partial charge in [0.2, 0.25) is 11.8 Å². The molecule has 6 heteroatoms. The maximum atomic E-state index is 12.4. The van der Waals surface area contributed by atoms with E-state index in [0.29, 0.717) is 25.1 Å². The van der Waals surface area contributed by atoms with Crippen molar-refractivity contribution in [3.8, 4) is 0 Å². The fourth-order valence-electron chi connectivity index (χ4n) is 2.65. The van der Waals surface area contributed by atoms with Crippen LogP contribution in [0.15, 0.2) is 28.7 Å². The third kappa shape index (κ3) is 3.33. The molecule has 1 aromatic carbocycles. The molecule has 2 N–H and O–H groups in total. The molecule has 1 atom stereocenters. The lowest BCUT2D eigenvalue weighted by Crippen LogP contribution is -2.42. The largest absolute Gasteiger partial charge is 0.376 e. The summed E-state index contributed by atoms with van der Waals surface area (Å²) in [6, 6.07) is 7.32. The highest BCUT2D eigenvalue weighted by Crippen LogP contribution is 2.46. The lowest BCUT2D eigenvalue weighted by molar-refractivity contribution is -0.134. The summed E-state index contributed by atoms with van der Waals surface area (Å²) in [5.41, 5.74) is -0.197. The molecule has 0 radical (unpaired) electrons. The van der Waals surface area contributed by atoms with Gasteiger partial charge in [0.25, 0.3) is 0 Å². The summed E-state index contributed by atoms with van der Waals surface area (Å²) in [5.74, 6) is -0.405. The second-order valence-corrected chi connectivity index (χ2v) is 6.80. The summed E-state index contributed by atoms with van der Waals surface area (Å²) in [5, 5.41) is 5.70. The molecule has 5 nitrogen and oxygen atoms in total. The van der Waals surface area contributed by atoms with Crippen molar-refractivity contribution in [2.75, 3.05) is 18.5 Å². The minimum absolute atomic E-state index is 0.0919. The Labute approximate surface area is 137 Å². The third-order valence-corrected chi connectivity index (χ3v) is 4.76. The number of nitrogens with one attached hydrogen (secondary N) is 2. The van der Waals surface area contributed by atoms with E-state index in [1.54, 1.807) is 0 Å². The summed E-state index contributed by atoms with van der Waals surface area (Å²) in [7, 11) is 0. The van der Waals surface area contributed by atoms with Crippen molar-refractivity contribution in [1.82, 2.24) is 5.32 Å². The van der Waals surface area contributed by atoms with Gasteiger partial charge in [0, 0.05) is 23.3 Å². The Hall–Kier alpha value is -1.40. The van der Waals surface area contributed by atoms with Crippen molar-refractivity contribution in [3.05, 3.63) is 28.7 Å². The number of carbonyl (C=O) groups excluding carboxylic acids is 2. The van der Waals surface area contributed by atoms with Crippen molar-refractivity contribution in [2.45, 2.75) is 31.8 Å². The number of amides is 2. The molecule has 1 aromatic rings. The van der Waals surface area contributed by atoms with Crippen molar-refractivity contribution >= 4 is 33.4 Å². The zero-order valence-electron chi connectivity index (χ0n) is 12.2. The molecule has 118 valence electrons. The van der Waals surface area contributed by atoms with Gasteiger partial charge in [0.15, 0.2) is 0 Å². The van der Waals surface area contributed by atoms with E-state index in [2.05, 4.69) is 26.6 Å². The number of ether oxygens (including phenoxy) is 1. The predicted molar refractivity (Wildman–Crippen MR) is 86.4 cm³/mol. The summed E-state index contributed by atoms with van der Waals surface area (Å²) >= 11 is 3.35. The first-order chi connectivity index (χ1) is 10.6. The van der Waals surface area contributed by atoms with E-state index in [-0.39, 0.29) is 17.9 Å². The standard InChI is InChI=1S/C16H19BrN2O3/c17-11-3-5-12(6-4-11)19-15(21)16(7-8-16)14(20)18-10-13-2-1-9-22-13/h3-6,13H,1-2,7-10H2,(H,18,20)(H,19,21). The molecule has 2 fully saturated rings. The molecule has 1 aliphatic carbocycles. The number of hydrogen-bond donors (Lipinski definition) is 2. The van der Waals surface area contributed by atoms with Crippen LogP contribution in [0.4, 0.5) is 5.69 Å². The van der Waals surface area contributed by atoms with Crippen molar-refractivity contribution in [1.29, 1.82) is 0 Å². The van der Waals surface area contributed by atoms with E-state index >= 15 is 0 Å². The second-order valence-electron chi connectivity index (χ2n) is 5.89. The van der Waals surface area contributed by atoms with Crippen LogP contribution in [-0.4, -0.2) is 31.1 Å². The van der Waals surface area contributed by atoms with Gasteiger partial charge in [-0.05, 0) is 49.9 Å². The van der Waals surface area contributed by atoms with Crippen molar-refractivity contribution < 1.29 is 14.3 Å². The van der Waals surface area contributed by atoms with Gasteiger partial charge in [-0.25, -0.2) is 0 Å². The van der Waals surface area contributed by atoms with Crippen LogP contribution in [0.25, 0.3) is 0 Å². The van der Waals surface area contributed by atoms with Crippen LogP contribution in [0.2, 0.25) is 0 Å². The van der Waals surface area contributed by atoms with Crippen LogP contribution in [-0.2, 0) is 14.3 Å². The van der Waals surface area contributed by atoms with Gasteiger partial charge in [-0.3, -0.25) is 9.59 Å². The SMILES string of the molecule is O=C(NCC1CCCO1)C1(C(=O)Nc2ccc(Br)cc2)CC1. The quantitative estimate of drug-likeness (QED) is 0.786. The predicted octanol–water partition coefficient (Wildman–Crippen LogP) is 2.46. The summed E-state index contributed by atoms with van der Waals surface area (Å²) in [4.78, 5) is 24.7. The van der Waals surface area contributed by atoms with Crippen molar-refractivity contribution in [3.63, 3.8) is 0 Å². The number of anilines is 1. The zero-order valence-corrected chi connectivity index (χ0v) is 13.8. The van der Waals surface area contributed by atoms with Crippen LogP contribution < -0.4 is 10.6 Å². The third-order valence-electron chi connectivity index (χ3n) is 4.24. The molecule has 0 spiro atoms. The van der Waals surface area contributed by atoms with Crippen LogP contribution in [0.1, 0.15) is 25.7 Å². The Morgan fingerprint density at radius 2 is 1.95 bits per heavy atom. The average molecular weight is 367 g/mol. The maximum absolute atomic E-state index is 12.4. The first-order valence-corrected chi connectivity index (χ1v) is 8.36. The van der Waals surface area contributed by atoms with Gasteiger partial charge < -0.3 is 15.4 Å². The lowest BCUT2D eigenvalue weighted by Gasteiger charge is -2.17. The molecule has 2 aliphatic rings. The molecule has 1 saturated heterocycles.